The van der Waals surface area contributed by atoms with Crippen LogP contribution in [0.4, 0.5) is 0 Å². The molecule has 0 fully saturated rings. The Morgan fingerprint density at radius 1 is 1.14 bits per heavy atom. The van der Waals surface area contributed by atoms with Crippen molar-refractivity contribution in [1.82, 2.24) is 0 Å². The van der Waals surface area contributed by atoms with Gasteiger partial charge in [-0.2, -0.15) is 0 Å². The molecule has 0 aliphatic carbocycles. The van der Waals surface area contributed by atoms with Crippen molar-refractivity contribution in [1.29, 1.82) is 0 Å². The van der Waals surface area contributed by atoms with Gasteiger partial charge in [0.2, 0.25) is 0 Å². The lowest BCUT2D eigenvalue weighted by Crippen LogP contribution is -1.96. The summed E-state index contributed by atoms with van der Waals surface area (Å²) in [5, 5.41) is 0. The van der Waals surface area contributed by atoms with Crippen LogP contribution in [0.15, 0.2) is 37.5 Å². The molecule has 76 valence electrons. The van der Waals surface area contributed by atoms with Gasteiger partial charge in [0.15, 0.2) is 0 Å². The average Bonchev–Trinajstić information content (AvgIpc) is 2.18. The van der Waals surface area contributed by atoms with Gasteiger partial charge in [-0.1, -0.05) is 30.6 Å². The van der Waals surface area contributed by atoms with E-state index in [2.05, 4.69) is 31.6 Å². The lowest BCUT2D eigenvalue weighted by atomic mass is 10.3. The summed E-state index contributed by atoms with van der Waals surface area (Å²) in [4.78, 5) is 0. The Morgan fingerprint density at radius 2 is 1.79 bits per heavy atom. The summed E-state index contributed by atoms with van der Waals surface area (Å²) in [5.41, 5.74) is 0.744. The molecule has 2 nitrogen and oxygen atoms in total. The minimum absolute atomic E-state index is 0.395. The van der Waals surface area contributed by atoms with Crippen LogP contribution < -0.4 is 0 Å². The summed E-state index contributed by atoms with van der Waals surface area (Å²) in [7, 11) is 0. The van der Waals surface area contributed by atoms with E-state index in [-0.39, 0.29) is 0 Å². The first-order chi connectivity index (χ1) is 6.81. The normalized spacial score (nSPS) is 8.57. The lowest BCUT2D eigenvalue weighted by molar-refractivity contribution is 0.190. The third kappa shape index (κ3) is 8.79. The fourth-order valence-electron chi connectivity index (χ4n) is 0.656. The first kappa shape index (κ1) is 12.7. The van der Waals surface area contributed by atoms with Crippen molar-refractivity contribution >= 4 is 0 Å². The van der Waals surface area contributed by atoms with Gasteiger partial charge in [-0.05, 0) is 0 Å². The molecule has 0 aromatic carbocycles. The Hall–Kier alpha value is -1.30. The van der Waals surface area contributed by atoms with Gasteiger partial charge in [-0.3, -0.25) is 0 Å². The van der Waals surface area contributed by atoms with Crippen molar-refractivity contribution in [2.24, 2.45) is 0 Å². The molecule has 0 saturated carbocycles. The molecular weight excluding hydrogens is 176 g/mol. The number of hydrogen-bond acceptors (Lipinski definition) is 2. The number of ether oxygens (including phenoxy) is 2. The van der Waals surface area contributed by atoms with Gasteiger partial charge >= 0.3 is 0 Å². The maximum atomic E-state index is 5.15. The molecule has 0 aliphatic heterocycles. The molecule has 0 saturated heterocycles. The quantitative estimate of drug-likeness (QED) is 0.349. The maximum absolute atomic E-state index is 5.15. The fraction of sp³-hybridized carbons (Fsp3) is 0.333. The van der Waals surface area contributed by atoms with E-state index in [9.17, 15) is 0 Å². The van der Waals surface area contributed by atoms with Crippen molar-refractivity contribution in [2.45, 2.75) is 0 Å². The second-order valence-electron chi connectivity index (χ2n) is 2.51. The minimum Gasteiger partial charge on any atom is -0.372 e. The molecule has 0 aliphatic rings. The molecule has 0 spiro atoms. The van der Waals surface area contributed by atoms with Crippen molar-refractivity contribution < 1.29 is 9.47 Å². The molecule has 0 heterocycles. The summed E-state index contributed by atoms with van der Waals surface area (Å²) in [6.07, 6.45) is 3.37. The molecule has 14 heavy (non-hydrogen) atoms. The van der Waals surface area contributed by atoms with E-state index in [4.69, 9.17) is 9.47 Å². The smallest absolute Gasteiger partial charge is 0.108 e. The van der Waals surface area contributed by atoms with E-state index in [1.807, 2.05) is 0 Å². The zero-order chi connectivity index (χ0) is 10.6. The van der Waals surface area contributed by atoms with Gasteiger partial charge in [0.25, 0.3) is 0 Å². The Morgan fingerprint density at radius 3 is 2.43 bits per heavy atom. The highest BCUT2D eigenvalue weighted by molar-refractivity contribution is 5.25. The average molecular weight is 192 g/mol. The van der Waals surface area contributed by atoms with E-state index < -0.39 is 0 Å². The molecule has 2 heteroatoms. The molecule has 0 atom stereocenters. The Balaban J connectivity index is 3.48. The van der Waals surface area contributed by atoms with Crippen LogP contribution >= 0.6 is 0 Å². The van der Waals surface area contributed by atoms with Gasteiger partial charge in [0.05, 0.1) is 19.8 Å². The van der Waals surface area contributed by atoms with E-state index in [1.165, 1.54) is 0 Å². The van der Waals surface area contributed by atoms with Crippen LogP contribution in [-0.2, 0) is 9.47 Å². The molecule has 0 aromatic heterocycles. The molecule has 0 rings (SSSR count). The molecule has 0 unspecified atom stereocenters. The zero-order valence-corrected chi connectivity index (χ0v) is 8.42. The number of rotatable bonds is 7. The first-order valence-corrected chi connectivity index (χ1v) is 4.35. The predicted octanol–water partition coefficient (Wildman–Crippen LogP) is 1.95. The first-order valence-electron chi connectivity index (χ1n) is 4.35. The largest absolute Gasteiger partial charge is 0.372 e. The third-order valence-electron chi connectivity index (χ3n) is 1.19. The van der Waals surface area contributed by atoms with Crippen LogP contribution in [0, 0.1) is 11.8 Å². The number of hydrogen-bond donors (Lipinski definition) is 0. The van der Waals surface area contributed by atoms with Crippen LogP contribution in [0.1, 0.15) is 0 Å². The highest BCUT2D eigenvalue weighted by Crippen LogP contribution is 1.88. The van der Waals surface area contributed by atoms with Crippen molar-refractivity contribution in [3.63, 3.8) is 0 Å². The van der Waals surface area contributed by atoms with E-state index in [1.54, 1.807) is 12.2 Å². The molecule has 0 amide bonds. The van der Waals surface area contributed by atoms with Crippen molar-refractivity contribution in [3.05, 3.63) is 37.5 Å². The van der Waals surface area contributed by atoms with E-state index >= 15 is 0 Å². The van der Waals surface area contributed by atoms with Crippen molar-refractivity contribution in [3.8, 4) is 11.8 Å². The maximum Gasteiger partial charge on any atom is 0.108 e. The van der Waals surface area contributed by atoms with E-state index in [0.29, 0.717) is 26.4 Å². The van der Waals surface area contributed by atoms with Gasteiger partial charge in [0.1, 0.15) is 6.61 Å². The zero-order valence-electron chi connectivity index (χ0n) is 8.42. The van der Waals surface area contributed by atoms with E-state index in [0.717, 1.165) is 5.57 Å². The SMILES string of the molecule is C=CCOCC#CC(=C)COCC=C. The lowest BCUT2D eigenvalue weighted by Gasteiger charge is -1.97. The highest BCUT2D eigenvalue weighted by Gasteiger charge is 1.86. The highest BCUT2D eigenvalue weighted by atomic mass is 16.5. The summed E-state index contributed by atoms with van der Waals surface area (Å²) in [5.74, 6) is 5.66. The summed E-state index contributed by atoms with van der Waals surface area (Å²) < 4.78 is 10.2. The summed E-state index contributed by atoms with van der Waals surface area (Å²) in [6.45, 7) is 12.7. The summed E-state index contributed by atoms with van der Waals surface area (Å²) in [6, 6.07) is 0. The van der Waals surface area contributed by atoms with Crippen molar-refractivity contribution in [2.75, 3.05) is 26.4 Å². The molecular formula is C12H16O2. The van der Waals surface area contributed by atoms with Gasteiger partial charge < -0.3 is 9.47 Å². The minimum atomic E-state index is 0.395. The van der Waals surface area contributed by atoms with Crippen LogP contribution in [-0.4, -0.2) is 26.4 Å². The van der Waals surface area contributed by atoms with Crippen LogP contribution in [0.5, 0.6) is 0 Å². The molecule has 0 N–H and O–H groups in total. The van der Waals surface area contributed by atoms with Gasteiger partial charge in [-0.25, -0.2) is 0 Å². The summed E-state index contributed by atoms with van der Waals surface area (Å²) >= 11 is 0. The van der Waals surface area contributed by atoms with Gasteiger partial charge in [-0.15, -0.1) is 13.2 Å². The Labute approximate surface area is 85.9 Å². The topological polar surface area (TPSA) is 18.5 Å². The monoisotopic (exact) mass is 192 g/mol. The van der Waals surface area contributed by atoms with Crippen LogP contribution in [0.2, 0.25) is 0 Å². The third-order valence-corrected chi connectivity index (χ3v) is 1.19. The molecule has 0 radical (unpaired) electrons. The second-order valence-corrected chi connectivity index (χ2v) is 2.51. The van der Waals surface area contributed by atoms with Crippen LogP contribution in [0.3, 0.4) is 0 Å². The Kier molecular flexibility index (Phi) is 8.88. The Bertz CT molecular complexity index is 243. The van der Waals surface area contributed by atoms with Gasteiger partial charge in [0, 0.05) is 5.57 Å². The fourth-order valence-corrected chi connectivity index (χ4v) is 0.656. The second kappa shape index (κ2) is 9.79. The molecule has 0 aromatic rings. The standard InChI is InChI=1S/C12H16O2/c1-4-8-13-10-6-7-12(3)11-14-9-5-2/h4-5H,1-3,8-11H2. The molecule has 0 bridgehead atoms. The predicted molar refractivity (Wildman–Crippen MR) is 58.9 cm³/mol. The van der Waals surface area contributed by atoms with Crippen LogP contribution in [0.25, 0.3) is 0 Å².